The number of alkyl halides is 1. The van der Waals surface area contributed by atoms with Gasteiger partial charge in [-0.3, -0.25) is 0 Å². The number of ether oxygens (including phenoxy) is 1. The monoisotopic (exact) mass is 134 g/mol. The van der Waals surface area contributed by atoms with Crippen LogP contribution in [0.1, 0.15) is 13.3 Å². The molecule has 1 aliphatic heterocycles. The summed E-state index contributed by atoms with van der Waals surface area (Å²) in [5.74, 6) is 0. The van der Waals surface area contributed by atoms with Gasteiger partial charge in [-0.25, -0.2) is 4.39 Å². The molecule has 2 nitrogen and oxygen atoms in total. The molecule has 1 unspecified atom stereocenters. The minimum absolute atomic E-state index is 0.0304. The highest BCUT2D eigenvalue weighted by Gasteiger charge is 2.31. The zero-order valence-electron chi connectivity index (χ0n) is 5.38. The van der Waals surface area contributed by atoms with Crippen molar-refractivity contribution in [2.75, 3.05) is 6.61 Å². The largest absolute Gasteiger partial charge is 0.394 e. The smallest absolute Gasteiger partial charge is 0.131 e. The fourth-order valence-corrected chi connectivity index (χ4v) is 1.07. The third-order valence-corrected chi connectivity index (χ3v) is 1.55. The minimum Gasteiger partial charge on any atom is -0.394 e. The Bertz CT molecular complexity index is 97.1. The Morgan fingerprint density at radius 2 is 2.44 bits per heavy atom. The van der Waals surface area contributed by atoms with E-state index in [0.29, 0.717) is 6.42 Å². The van der Waals surface area contributed by atoms with Crippen LogP contribution in [0.25, 0.3) is 0 Å². The van der Waals surface area contributed by atoms with E-state index in [-0.39, 0.29) is 12.7 Å². The van der Waals surface area contributed by atoms with Gasteiger partial charge in [-0.2, -0.15) is 0 Å². The summed E-state index contributed by atoms with van der Waals surface area (Å²) in [6.07, 6.45) is -1.15. The highest BCUT2D eigenvalue weighted by Crippen LogP contribution is 2.21. The zero-order chi connectivity index (χ0) is 6.85. The van der Waals surface area contributed by atoms with E-state index in [1.165, 1.54) is 0 Å². The second kappa shape index (κ2) is 2.62. The van der Waals surface area contributed by atoms with Gasteiger partial charge in [0.05, 0.1) is 12.7 Å². The van der Waals surface area contributed by atoms with Crippen molar-refractivity contribution in [1.29, 1.82) is 0 Å². The molecule has 0 aromatic rings. The third-order valence-electron chi connectivity index (χ3n) is 1.55. The van der Waals surface area contributed by atoms with Crippen LogP contribution >= 0.6 is 0 Å². The Balaban J connectivity index is 2.38. The molecule has 0 amide bonds. The predicted octanol–water partition coefficient (Wildman–Crippen LogP) is 0.494. The van der Waals surface area contributed by atoms with E-state index in [0.717, 1.165) is 0 Å². The van der Waals surface area contributed by atoms with E-state index in [9.17, 15) is 4.39 Å². The van der Waals surface area contributed by atoms with Crippen LogP contribution in [0.3, 0.4) is 0 Å². The lowest BCUT2D eigenvalue weighted by molar-refractivity contribution is 0.000910. The molecule has 0 saturated carbocycles. The van der Waals surface area contributed by atoms with Gasteiger partial charge in [-0.1, -0.05) is 0 Å². The molecule has 1 heterocycles. The van der Waals surface area contributed by atoms with Gasteiger partial charge in [0.25, 0.3) is 0 Å². The zero-order valence-corrected chi connectivity index (χ0v) is 5.38. The molecule has 3 atom stereocenters. The average Bonchev–Trinajstić information content (AvgIpc) is 2.10. The molecule has 0 aromatic carbocycles. The topological polar surface area (TPSA) is 29.5 Å². The highest BCUT2D eigenvalue weighted by atomic mass is 19.1. The molecule has 1 saturated heterocycles. The van der Waals surface area contributed by atoms with Crippen LogP contribution in [0, 0.1) is 0 Å². The number of hydrogen-bond donors (Lipinski definition) is 1. The summed E-state index contributed by atoms with van der Waals surface area (Å²) in [4.78, 5) is 0. The number of halogens is 1. The molecule has 1 aliphatic rings. The molecular weight excluding hydrogens is 123 g/mol. The minimum atomic E-state index is -0.968. The number of hydrogen-bond acceptors (Lipinski definition) is 2. The summed E-state index contributed by atoms with van der Waals surface area (Å²) in [5.41, 5.74) is 0. The lowest BCUT2D eigenvalue weighted by atomic mass is 10.2. The van der Waals surface area contributed by atoms with Crippen molar-refractivity contribution in [2.24, 2.45) is 0 Å². The van der Waals surface area contributed by atoms with Crippen LogP contribution in [0.5, 0.6) is 0 Å². The first-order chi connectivity index (χ1) is 4.24. The summed E-state index contributed by atoms with van der Waals surface area (Å²) in [6.45, 7) is 1.60. The third kappa shape index (κ3) is 1.40. The first kappa shape index (κ1) is 6.96. The van der Waals surface area contributed by atoms with Crippen LogP contribution < -0.4 is 0 Å². The predicted molar refractivity (Wildman–Crippen MR) is 30.9 cm³/mol. The van der Waals surface area contributed by atoms with E-state index < -0.39 is 12.3 Å². The number of aliphatic hydroxyl groups excluding tert-OH is 1. The second-order valence-corrected chi connectivity index (χ2v) is 2.42. The molecule has 0 aromatic heterocycles. The van der Waals surface area contributed by atoms with Gasteiger partial charge in [0.15, 0.2) is 0 Å². The van der Waals surface area contributed by atoms with Crippen molar-refractivity contribution in [3.63, 3.8) is 0 Å². The maximum Gasteiger partial charge on any atom is 0.131 e. The van der Waals surface area contributed by atoms with E-state index in [2.05, 4.69) is 0 Å². The lowest BCUT2D eigenvalue weighted by Gasteiger charge is -2.07. The van der Waals surface area contributed by atoms with Gasteiger partial charge in [-0.05, 0) is 6.92 Å². The molecule has 3 heteroatoms. The van der Waals surface area contributed by atoms with Crippen LogP contribution in [0.4, 0.5) is 4.39 Å². The van der Waals surface area contributed by atoms with Gasteiger partial charge in [0.1, 0.15) is 12.3 Å². The van der Waals surface area contributed by atoms with Gasteiger partial charge in [0.2, 0.25) is 0 Å². The van der Waals surface area contributed by atoms with Crippen molar-refractivity contribution >= 4 is 0 Å². The first-order valence-corrected chi connectivity index (χ1v) is 3.14. The highest BCUT2D eigenvalue weighted by molar-refractivity contribution is 4.79. The maximum absolute atomic E-state index is 12.6. The van der Waals surface area contributed by atoms with Crippen LogP contribution in [0.2, 0.25) is 0 Å². The van der Waals surface area contributed by atoms with E-state index in [1.54, 1.807) is 0 Å². The van der Waals surface area contributed by atoms with Crippen LogP contribution in [-0.4, -0.2) is 30.1 Å². The average molecular weight is 134 g/mol. The molecule has 1 N–H and O–H groups in total. The van der Waals surface area contributed by atoms with Crippen LogP contribution in [-0.2, 0) is 4.74 Å². The molecular formula is C6H11FO2. The number of aliphatic hydroxyl groups is 1. The van der Waals surface area contributed by atoms with Crippen molar-refractivity contribution in [3.05, 3.63) is 0 Å². The van der Waals surface area contributed by atoms with E-state index in [4.69, 9.17) is 9.84 Å². The molecule has 9 heavy (non-hydrogen) atoms. The quantitative estimate of drug-likeness (QED) is 0.565. The van der Waals surface area contributed by atoms with Crippen molar-refractivity contribution in [2.45, 2.75) is 31.7 Å². The van der Waals surface area contributed by atoms with Gasteiger partial charge < -0.3 is 9.84 Å². The summed E-state index contributed by atoms with van der Waals surface area (Å²) in [7, 11) is 0. The normalized spacial score (nSPS) is 43.7. The maximum atomic E-state index is 12.6. The molecule has 54 valence electrons. The summed E-state index contributed by atoms with van der Waals surface area (Å²) < 4.78 is 17.6. The summed E-state index contributed by atoms with van der Waals surface area (Å²) in [6, 6.07) is 0. The standard InChI is InChI=1S/C6H11FO2/c1-4-2-5(7)6(3-8)9-4/h4-6,8H,2-3H2,1H3/t4-,5-,6?/m0/s1. The second-order valence-electron chi connectivity index (χ2n) is 2.42. The number of rotatable bonds is 1. The Labute approximate surface area is 53.6 Å². The van der Waals surface area contributed by atoms with Crippen molar-refractivity contribution in [3.8, 4) is 0 Å². The molecule has 0 radical (unpaired) electrons. The van der Waals surface area contributed by atoms with E-state index >= 15 is 0 Å². The molecule has 1 rings (SSSR count). The van der Waals surface area contributed by atoms with Crippen molar-refractivity contribution < 1.29 is 14.2 Å². The fourth-order valence-electron chi connectivity index (χ4n) is 1.07. The van der Waals surface area contributed by atoms with Gasteiger partial charge in [0, 0.05) is 6.42 Å². The SMILES string of the molecule is C[C@H]1C[C@H](F)C(CO)O1. The van der Waals surface area contributed by atoms with Gasteiger partial charge >= 0.3 is 0 Å². The van der Waals surface area contributed by atoms with Crippen LogP contribution in [0.15, 0.2) is 0 Å². The molecule has 0 spiro atoms. The summed E-state index contributed by atoms with van der Waals surface area (Å²) in [5, 5.41) is 8.49. The lowest BCUT2D eigenvalue weighted by Crippen LogP contribution is -2.21. The Hall–Kier alpha value is -0.150. The van der Waals surface area contributed by atoms with E-state index in [1.807, 2.05) is 6.92 Å². The Morgan fingerprint density at radius 3 is 2.67 bits per heavy atom. The molecule has 0 aliphatic carbocycles. The van der Waals surface area contributed by atoms with Gasteiger partial charge in [-0.15, -0.1) is 0 Å². The Morgan fingerprint density at radius 1 is 1.78 bits per heavy atom. The Kier molecular flexibility index (Phi) is 2.03. The first-order valence-electron chi connectivity index (χ1n) is 3.14. The molecule has 1 fully saturated rings. The molecule has 0 bridgehead atoms. The van der Waals surface area contributed by atoms with Crippen molar-refractivity contribution in [1.82, 2.24) is 0 Å². The fraction of sp³-hybridized carbons (Fsp3) is 1.00. The summed E-state index contributed by atoms with van der Waals surface area (Å²) >= 11 is 0.